The van der Waals surface area contributed by atoms with Gasteiger partial charge in [-0.25, -0.2) is 0 Å². The summed E-state index contributed by atoms with van der Waals surface area (Å²) in [6.45, 7) is 1.58. The van der Waals surface area contributed by atoms with Crippen LogP contribution in [-0.4, -0.2) is 60.8 Å². The summed E-state index contributed by atoms with van der Waals surface area (Å²) in [5, 5.41) is 11.9. The average molecular weight is 293 g/mol. The molecule has 7 nitrogen and oxygen atoms in total. The summed E-state index contributed by atoms with van der Waals surface area (Å²) in [6, 6.07) is 6.40. The Bertz CT molecular complexity index is 521. The zero-order valence-corrected chi connectivity index (χ0v) is 11.6. The zero-order chi connectivity index (χ0) is 15.2. The topological polar surface area (TPSA) is 105 Å². The van der Waals surface area contributed by atoms with E-state index in [2.05, 4.69) is 5.32 Å². The molecule has 0 radical (unpaired) electrons. The van der Waals surface area contributed by atoms with E-state index < -0.39 is 5.91 Å². The van der Waals surface area contributed by atoms with Crippen molar-refractivity contribution in [2.45, 2.75) is 6.04 Å². The monoisotopic (exact) mass is 293 g/mol. The molecule has 0 aliphatic carbocycles. The number of hydrogen-bond acceptors (Lipinski definition) is 5. The molecular weight excluding hydrogens is 274 g/mol. The minimum atomic E-state index is -0.592. The lowest BCUT2D eigenvalue weighted by Gasteiger charge is -2.33. The first-order chi connectivity index (χ1) is 10.1. The van der Waals surface area contributed by atoms with E-state index in [1.54, 1.807) is 24.3 Å². The van der Waals surface area contributed by atoms with Crippen LogP contribution in [0.5, 0.6) is 0 Å². The van der Waals surface area contributed by atoms with Crippen molar-refractivity contribution >= 4 is 17.5 Å². The van der Waals surface area contributed by atoms with E-state index in [1.165, 1.54) is 0 Å². The van der Waals surface area contributed by atoms with Gasteiger partial charge in [-0.1, -0.05) is 12.1 Å². The van der Waals surface area contributed by atoms with Gasteiger partial charge in [-0.15, -0.1) is 0 Å². The van der Waals surface area contributed by atoms with E-state index in [0.29, 0.717) is 25.4 Å². The van der Waals surface area contributed by atoms with Gasteiger partial charge in [-0.3, -0.25) is 14.5 Å². The van der Waals surface area contributed by atoms with Gasteiger partial charge in [0.2, 0.25) is 5.91 Å². The molecule has 2 rings (SSSR count). The third-order valence-corrected chi connectivity index (χ3v) is 3.37. The number of nitrogens with two attached hydrogens (primary N) is 1. The lowest BCUT2D eigenvalue weighted by molar-refractivity contribution is -0.120. The number of primary amides is 1. The predicted octanol–water partition coefficient (Wildman–Crippen LogP) is -0.583. The molecule has 1 atom stereocenters. The molecule has 7 heteroatoms. The lowest BCUT2D eigenvalue weighted by atomic mass is 10.1. The molecule has 1 aliphatic rings. The summed E-state index contributed by atoms with van der Waals surface area (Å²) in [6.07, 6.45) is 0. The van der Waals surface area contributed by atoms with Gasteiger partial charge in [-0.2, -0.15) is 0 Å². The van der Waals surface area contributed by atoms with Gasteiger partial charge in [0.15, 0.2) is 0 Å². The first-order valence-electron chi connectivity index (χ1n) is 6.73. The third-order valence-electron chi connectivity index (χ3n) is 3.37. The van der Waals surface area contributed by atoms with Crippen LogP contribution in [-0.2, 0) is 9.53 Å². The Balaban J connectivity index is 2.00. The molecular formula is C14H19N3O4. The number of anilines is 1. The zero-order valence-electron chi connectivity index (χ0n) is 11.6. The van der Waals surface area contributed by atoms with Crippen LogP contribution < -0.4 is 11.1 Å². The van der Waals surface area contributed by atoms with Crippen molar-refractivity contribution in [3.05, 3.63) is 29.8 Å². The molecule has 0 spiro atoms. The highest BCUT2D eigenvalue weighted by Gasteiger charge is 2.24. The van der Waals surface area contributed by atoms with Crippen LogP contribution in [0.2, 0.25) is 0 Å². The van der Waals surface area contributed by atoms with Gasteiger partial charge in [0.25, 0.3) is 5.91 Å². The van der Waals surface area contributed by atoms with Crippen molar-refractivity contribution in [3.8, 4) is 0 Å². The molecule has 4 N–H and O–H groups in total. The molecule has 114 valence electrons. The van der Waals surface area contributed by atoms with Crippen molar-refractivity contribution < 1.29 is 19.4 Å². The number of nitrogens with one attached hydrogen (secondary N) is 1. The fourth-order valence-electron chi connectivity index (χ4n) is 2.25. The van der Waals surface area contributed by atoms with Gasteiger partial charge in [0, 0.05) is 6.54 Å². The summed E-state index contributed by atoms with van der Waals surface area (Å²) in [5.74, 6) is -0.852. The first-order valence-corrected chi connectivity index (χ1v) is 6.73. The Morgan fingerprint density at radius 2 is 2.19 bits per heavy atom. The fraction of sp³-hybridized carbons (Fsp3) is 0.429. The summed E-state index contributed by atoms with van der Waals surface area (Å²) in [4.78, 5) is 25.2. The molecule has 1 aromatic carbocycles. The van der Waals surface area contributed by atoms with Gasteiger partial charge in [0.1, 0.15) is 0 Å². The third kappa shape index (κ3) is 4.01. The van der Waals surface area contributed by atoms with Gasteiger partial charge in [0.05, 0.1) is 43.7 Å². The molecule has 1 aliphatic heterocycles. The number of para-hydroxylation sites is 1. The van der Waals surface area contributed by atoms with Crippen LogP contribution >= 0.6 is 0 Å². The molecule has 1 fully saturated rings. The number of amides is 2. The largest absolute Gasteiger partial charge is 0.395 e. The second kappa shape index (κ2) is 7.16. The minimum absolute atomic E-state index is 0.0643. The second-order valence-electron chi connectivity index (χ2n) is 4.84. The number of carbonyl (C=O) groups excluding carboxylic acids is 2. The number of morpholine rings is 1. The van der Waals surface area contributed by atoms with Crippen molar-refractivity contribution in [1.29, 1.82) is 0 Å². The highest BCUT2D eigenvalue weighted by Crippen LogP contribution is 2.14. The Morgan fingerprint density at radius 3 is 2.90 bits per heavy atom. The van der Waals surface area contributed by atoms with E-state index in [1.807, 2.05) is 4.90 Å². The molecule has 1 aromatic rings. The Hall–Kier alpha value is -1.96. The normalized spacial score (nSPS) is 19.2. The quantitative estimate of drug-likeness (QED) is 0.673. The summed E-state index contributed by atoms with van der Waals surface area (Å²) < 4.78 is 5.26. The number of hydrogen-bond donors (Lipinski definition) is 3. The summed E-state index contributed by atoms with van der Waals surface area (Å²) >= 11 is 0. The molecule has 0 saturated carbocycles. The van der Waals surface area contributed by atoms with E-state index in [-0.39, 0.29) is 30.7 Å². The van der Waals surface area contributed by atoms with Crippen LogP contribution in [0.3, 0.4) is 0 Å². The highest BCUT2D eigenvalue weighted by atomic mass is 16.5. The van der Waals surface area contributed by atoms with E-state index in [9.17, 15) is 14.7 Å². The van der Waals surface area contributed by atoms with Gasteiger partial charge in [-0.05, 0) is 12.1 Å². The summed E-state index contributed by atoms with van der Waals surface area (Å²) in [5.41, 5.74) is 5.93. The Labute approximate surface area is 122 Å². The molecule has 1 saturated heterocycles. The van der Waals surface area contributed by atoms with Crippen molar-refractivity contribution in [1.82, 2.24) is 4.90 Å². The number of aliphatic hydroxyl groups is 1. The van der Waals surface area contributed by atoms with E-state index in [0.717, 1.165) is 0 Å². The molecule has 21 heavy (non-hydrogen) atoms. The fourth-order valence-corrected chi connectivity index (χ4v) is 2.25. The average Bonchev–Trinajstić information content (AvgIpc) is 2.48. The SMILES string of the molecule is NC(=O)c1ccccc1NC(=O)CN1CCOCC1CO. The maximum Gasteiger partial charge on any atom is 0.250 e. The molecule has 0 bridgehead atoms. The van der Waals surface area contributed by atoms with Crippen LogP contribution in [0.1, 0.15) is 10.4 Å². The van der Waals surface area contributed by atoms with Crippen LogP contribution in [0.15, 0.2) is 24.3 Å². The molecule has 1 heterocycles. The van der Waals surface area contributed by atoms with Gasteiger partial charge >= 0.3 is 0 Å². The Morgan fingerprint density at radius 1 is 1.43 bits per heavy atom. The summed E-state index contributed by atoms with van der Waals surface area (Å²) in [7, 11) is 0. The van der Waals surface area contributed by atoms with Gasteiger partial charge < -0.3 is 20.9 Å². The van der Waals surface area contributed by atoms with E-state index >= 15 is 0 Å². The van der Waals surface area contributed by atoms with Crippen LogP contribution in [0, 0.1) is 0 Å². The van der Waals surface area contributed by atoms with Crippen molar-refractivity contribution in [3.63, 3.8) is 0 Å². The predicted molar refractivity (Wildman–Crippen MR) is 76.9 cm³/mol. The Kier molecular flexibility index (Phi) is 5.26. The highest BCUT2D eigenvalue weighted by molar-refractivity contribution is 6.03. The lowest BCUT2D eigenvalue weighted by Crippen LogP contribution is -2.50. The number of carbonyl (C=O) groups is 2. The number of aliphatic hydroxyl groups excluding tert-OH is 1. The van der Waals surface area contributed by atoms with Crippen LogP contribution in [0.25, 0.3) is 0 Å². The maximum atomic E-state index is 12.1. The molecule has 2 amide bonds. The van der Waals surface area contributed by atoms with E-state index in [4.69, 9.17) is 10.5 Å². The molecule has 1 unspecified atom stereocenters. The minimum Gasteiger partial charge on any atom is -0.395 e. The van der Waals surface area contributed by atoms with Crippen molar-refractivity contribution in [2.24, 2.45) is 5.73 Å². The standard InChI is InChI=1S/C14H19N3O4/c15-14(20)11-3-1-2-4-12(11)16-13(19)7-17-5-6-21-9-10(17)8-18/h1-4,10,18H,5-9H2,(H2,15,20)(H,16,19). The first kappa shape index (κ1) is 15.4. The number of rotatable bonds is 5. The maximum absolute atomic E-state index is 12.1. The number of nitrogens with zero attached hydrogens (tertiary/aromatic N) is 1. The molecule has 0 aromatic heterocycles. The number of ether oxygens (including phenoxy) is 1. The van der Waals surface area contributed by atoms with Crippen LogP contribution in [0.4, 0.5) is 5.69 Å². The smallest absolute Gasteiger partial charge is 0.250 e. The second-order valence-corrected chi connectivity index (χ2v) is 4.84. The number of benzene rings is 1. The van der Waals surface area contributed by atoms with Crippen molar-refractivity contribution in [2.75, 3.05) is 38.2 Å².